The number of unbranched alkanes of at least 4 members (excludes halogenated alkanes) is 19. The van der Waals surface area contributed by atoms with Crippen LogP contribution in [0.2, 0.25) is 0 Å². The predicted octanol–water partition coefficient (Wildman–Crippen LogP) is 9.35. The van der Waals surface area contributed by atoms with E-state index < -0.39 is 6.16 Å². The van der Waals surface area contributed by atoms with Crippen LogP contribution in [0.15, 0.2) is 0 Å². The molecule has 0 spiro atoms. The Kier molecular flexibility index (Phi) is 25.0. The Labute approximate surface area is 189 Å². The van der Waals surface area contributed by atoms with Crippen molar-refractivity contribution in [3.63, 3.8) is 0 Å². The Morgan fingerprint density at radius 1 is 0.536 bits per heavy atom. The van der Waals surface area contributed by atoms with E-state index in [2.05, 4.69) is 6.92 Å². The van der Waals surface area contributed by atoms with E-state index in [0.717, 1.165) is 12.8 Å². The standard InChI is InChI=1S/C24H47IO3/c1-2-3-4-5-6-7-8-9-10-11-12-13-14-15-16-17-18-19-20-21-22-27-24(26)28-23-25/h2-23H2,1H3. The molecule has 0 saturated heterocycles. The molecule has 0 heterocycles. The second kappa shape index (κ2) is 25.0. The number of hydrogen-bond donors (Lipinski definition) is 0. The first-order valence-corrected chi connectivity index (χ1v) is 13.7. The molecule has 0 bridgehead atoms. The highest BCUT2D eigenvalue weighted by molar-refractivity contribution is 14.1. The summed E-state index contributed by atoms with van der Waals surface area (Å²) in [7, 11) is 0. The summed E-state index contributed by atoms with van der Waals surface area (Å²) in [6, 6.07) is 0. The molecule has 0 rings (SSSR count). The molecule has 0 aromatic rings. The van der Waals surface area contributed by atoms with Gasteiger partial charge in [0, 0.05) is 0 Å². The maximum atomic E-state index is 11.0. The Morgan fingerprint density at radius 3 is 1.18 bits per heavy atom. The Hall–Kier alpha value is 0. The van der Waals surface area contributed by atoms with Crippen molar-refractivity contribution in [2.24, 2.45) is 0 Å². The molecule has 0 aliphatic carbocycles. The lowest BCUT2D eigenvalue weighted by Gasteiger charge is -2.05. The quantitative estimate of drug-likeness (QED) is 0.0630. The van der Waals surface area contributed by atoms with E-state index >= 15 is 0 Å². The van der Waals surface area contributed by atoms with Crippen molar-refractivity contribution in [1.29, 1.82) is 0 Å². The van der Waals surface area contributed by atoms with E-state index in [1.54, 1.807) is 0 Å². The smallest absolute Gasteiger partial charge is 0.434 e. The van der Waals surface area contributed by atoms with E-state index in [-0.39, 0.29) is 0 Å². The number of ether oxygens (including phenoxy) is 2. The summed E-state index contributed by atoms with van der Waals surface area (Å²) in [6.45, 7) is 2.78. The predicted molar refractivity (Wildman–Crippen MR) is 129 cm³/mol. The van der Waals surface area contributed by atoms with Crippen molar-refractivity contribution in [3.8, 4) is 0 Å². The zero-order chi connectivity index (χ0) is 20.5. The van der Waals surface area contributed by atoms with E-state index in [1.165, 1.54) is 116 Å². The van der Waals surface area contributed by atoms with Crippen LogP contribution in [0.5, 0.6) is 0 Å². The maximum Gasteiger partial charge on any atom is 0.509 e. The normalized spacial score (nSPS) is 10.9. The van der Waals surface area contributed by atoms with E-state index in [1.807, 2.05) is 22.6 Å². The fourth-order valence-electron chi connectivity index (χ4n) is 3.60. The zero-order valence-corrected chi connectivity index (χ0v) is 20.8. The van der Waals surface area contributed by atoms with Gasteiger partial charge in [-0.25, -0.2) is 4.79 Å². The molecular weight excluding hydrogens is 463 g/mol. The maximum absolute atomic E-state index is 11.0. The average Bonchev–Trinajstić information content (AvgIpc) is 2.69. The Morgan fingerprint density at radius 2 is 0.857 bits per heavy atom. The highest BCUT2D eigenvalue weighted by Gasteiger charge is 2.01. The van der Waals surface area contributed by atoms with Crippen LogP contribution in [-0.2, 0) is 9.47 Å². The molecule has 168 valence electrons. The SMILES string of the molecule is CCCCCCCCCCCCCCCCCCCCCCOC(=O)OCI. The molecule has 0 radical (unpaired) electrons. The summed E-state index contributed by atoms with van der Waals surface area (Å²) in [4.78, 5) is 11.0. The van der Waals surface area contributed by atoms with Gasteiger partial charge in [-0.3, -0.25) is 0 Å². The fraction of sp³-hybridized carbons (Fsp3) is 0.958. The Bertz CT molecular complexity index is 310. The number of carbonyl (C=O) groups is 1. The minimum atomic E-state index is -0.535. The number of hydrogen-bond acceptors (Lipinski definition) is 3. The third-order valence-electron chi connectivity index (χ3n) is 5.39. The molecule has 0 amide bonds. The summed E-state index contributed by atoms with van der Waals surface area (Å²) >= 11 is 1.99. The number of halogens is 1. The van der Waals surface area contributed by atoms with Crippen LogP contribution >= 0.6 is 22.6 Å². The minimum absolute atomic E-state index is 0.357. The van der Waals surface area contributed by atoms with Crippen molar-refractivity contribution >= 4 is 28.7 Å². The van der Waals surface area contributed by atoms with Crippen LogP contribution in [0, 0.1) is 0 Å². The summed E-state index contributed by atoms with van der Waals surface area (Å²) in [5.41, 5.74) is 0. The summed E-state index contributed by atoms with van der Waals surface area (Å²) in [5, 5.41) is 0. The monoisotopic (exact) mass is 510 g/mol. The van der Waals surface area contributed by atoms with Crippen molar-refractivity contribution in [2.45, 2.75) is 135 Å². The van der Waals surface area contributed by atoms with Crippen LogP contribution < -0.4 is 0 Å². The first-order chi connectivity index (χ1) is 13.8. The molecule has 0 saturated carbocycles. The summed E-state index contributed by atoms with van der Waals surface area (Å²) < 4.78 is 10.0. The molecule has 0 aliphatic rings. The molecule has 28 heavy (non-hydrogen) atoms. The van der Waals surface area contributed by atoms with Gasteiger partial charge in [-0.2, -0.15) is 0 Å². The van der Waals surface area contributed by atoms with Gasteiger partial charge in [0.1, 0.15) is 4.61 Å². The first kappa shape index (κ1) is 28.0. The average molecular weight is 511 g/mol. The van der Waals surface area contributed by atoms with Crippen LogP contribution in [0.1, 0.15) is 135 Å². The molecule has 0 atom stereocenters. The third kappa shape index (κ3) is 24.0. The van der Waals surface area contributed by atoms with Gasteiger partial charge in [0.25, 0.3) is 0 Å². The summed E-state index contributed by atoms with van der Waals surface area (Å²) in [6.07, 6.45) is 27.0. The number of alkyl halides is 1. The highest BCUT2D eigenvalue weighted by atomic mass is 127. The third-order valence-corrected chi connectivity index (χ3v) is 5.70. The molecule has 4 heteroatoms. The minimum Gasteiger partial charge on any atom is -0.434 e. The molecular formula is C24H47IO3. The van der Waals surface area contributed by atoms with Gasteiger partial charge < -0.3 is 9.47 Å². The van der Waals surface area contributed by atoms with E-state index in [4.69, 9.17) is 9.47 Å². The van der Waals surface area contributed by atoms with Gasteiger partial charge in [-0.05, 0) is 29.0 Å². The lowest BCUT2D eigenvalue weighted by atomic mass is 10.0. The van der Waals surface area contributed by atoms with Crippen LogP contribution in [0.3, 0.4) is 0 Å². The van der Waals surface area contributed by atoms with Gasteiger partial charge in [0.05, 0.1) is 6.61 Å². The lowest BCUT2D eigenvalue weighted by Crippen LogP contribution is -2.06. The van der Waals surface area contributed by atoms with Gasteiger partial charge in [0.2, 0.25) is 0 Å². The van der Waals surface area contributed by atoms with Crippen molar-refractivity contribution in [3.05, 3.63) is 0 Å². The van der Waals surface area contributed by atoms with Crippen molar-refractivity contribution in [1.82, 2.24) is 0 Å². The highest BCUT2D eigenvalue weighted by Crippen LogP contribution is 2.14. The van der Waals surface area contributed by atoms with Crippen LogP contribution in [-0.4, -0.2) is 17.4 Å². The Balaban J connectivity index is 3.02. The van der Waals surface area contributed by atoms with Gasteiger partial charge in [-0.15, -0.1) is 0 Å². The zero-order valence-electron chi connectivity index (χ0n) is 18.7. The number of carbonyl (C=O) groups excluding carboxylic acids is 1. The topological polar surface area (TPSA) is 35.5 Å². The van der Waals surface area contributed by atoms with Gasteiger partial charge in [-0.1, -0.05) is 129 Å². The van der Waals surface area contributed by atoms with Gasteiger partial charge >= 0.3 is 6.16 Å². The second-order valence-electron chi connectivity index (χ2n) is 8.07. The molecule has 0 unspecified atom stereocenters. The van der Waals surface area contributed by atoms with Crippen LogP contribution in [0.4, 0.5) is 4.79 Å². The fourth-order valence-corrected chi connectivity index (χ4v) is 3.85. The van der Waals surface area contributed by atoms with E-state index in [9.17, 15) is 4.79 Å². The van der Waals surface area contributed by atoms with Gasteiger partial charge in [0.15, 0.2) is 0 Å². The largest absolute Gasteiger partial charge is 0.509 e. The van der Waals surface area contributed by atoms with E-state index in [0.29, 0.717) is 11.2 Å². The molecule has 3 nitrogen and oxygen atoms in total. The van der Waals surface area contributed by atoms with Crippen molar-refractivity contribution in [2.75, 3.05) is 11.2 Å². The lowest BCUT2D eigenvalue weighted by molar-refractivity contribution is 0.0694. The number of rotatable bonds is 22. The molecule has 0 aromatic heterocycles. The molecule has 0 aliphatic heterocycles. The van der Waals surface area contributed by atoms with Crippen molar-refractivity contribution < 1.29 is 14.3 Å². The molecule has 0 N–H and O–H groups in total. The molecule has 0 aromatic carbocycles. The summed E-state index contributed by atoms with van der Waals surface area (Å²) in [5.74, 6) is 0. The van der Waals surface area contributed by atoms with Crippen LogP contribution in [0.25, 0.3) is 0 Å². The first-order valence-electron chi connectivity index (χ1n) is 12.2. The second-order valence-corrected chi connectivity index (χ2v) is 8.69. The molecule has 0 fully saturated rings.